The molecule has 2 heterocycles. The van der Waals surface area contributed by atoms with Crippen LogP contribution in [-0.4, -0.2) is 54.1 Å². The molecule has 3 fully saturated rings. The minimum absolute atomic E-state index is 0.0467. The molecule has 1 saturated carbocycles. The van der Waals surface area contributed by atoms with E-state index in [1.165, 1.54) is 4.90 Å². The smallest absolute Gasteiger partial charge is 0.325 e. The van der Waals surface area contributed by atoms with E-state index in [1.807, 2.05) is 0 Å². The first-order valence-electron chi connectivity index (χ1n) is 7.62. The Kier molecular flexibility index (Phi) is 3.84. The van der Waals surface area contributed by atoms with Crippen molar-refractivity contribution in [3.63, 3.8) is 0 Å². The van der Waals surface area contributed by atoms with Crippen molar-refractivity contribution >= 4 is 17.8 Å². The number of carbonyl (C=O) groups excluding carboxylic acids is 3. The van der Waals surface area contributed by atoms with Gasteiger partial charge in [-0.2, -0.15) is 0 Å². The average Bonchev–Trinajstić information content (AvgIpc) is 3.03. The number of carbonyl (C=O) groups is 3. The second-order valence-corrected chi connectivity index (χ2v) is 6.04. The number of nitrogens with zero attached hydrogens (tertiary/aromatic N) is 1. The first-order valence-corrected chi connectivity index (χ1v) is 7.62. The molecule has 2 N–H and O–H groups in total. The summed E-state index contributed by atoms with van der Waals surface area (Å²) >= 11 is 0. The van der Waals surface area contributed by atoms with Crippen LogP contribution in [0, 0.1) is 0 Å². The molecule has 0 bridgehead atoms. The molecule has 0 radical (unpaired) electrons. The van der Waals surface area contributed by atoms with Gasteiger partial charge in [0.2, 0.25) is 5.91 Å². The second-order valence-electron chi connectivity index (χ2n) is 6.04. The molecule has 7 heteroatoms. The maximum Gasteiger partial charge on any atom is 0.325 e. The van der Waals surface area contributed by atoms with Gasteiger partial charge >= 0.3 is 6.03 Å². The standard InChI is InChI=1S/C14H21N3O4/c18-11(15-10-3-7-21-8-4-10)9-17-13(20)16-12(19)14(17)5-1-2-6-14/h10H,1-9H2,(H,15,18)(H,16,19,20). The Morgan fingerprint density at radius 1 is 1.29 bits per heavy atom. The number of ether oxygens (including phenoxy) is 1. The van der Waals surface area contributed by atoms with Gasteiger partial charge in [0.05, 0.1) is 0 Å². The van der Waals surface area contributed by atoms with Gasteiger partial charge < -0.3 is 15.0 Å². The van der Waals surface area contributed by atoms with E-state index < -0.39 is 11.6 Å². The van der Waals surface area contributed by atoms with Crippen molar-refractivity contribution < 1.29 is 19.1 Å². The van der Waals surface area contributed by atoms with Crippen LogP contribution in [-0.2, 0) is 14.3 Å². The van der Waals surface area contributed by atoms with E-state index in [9.17, 15) is 14.4 Å². The summed E-state index contributed by atoms with van der Waals surface area (Å²) in [6.45, 7) is 1.25. The first-order chi connectivity index (χ1) is 10.1. The van der Waals surface area contributed by atoms with Gasteiger partial charge in [-0.1, -0.05) is 12.8 Å². The molecule has 1 spiro atoms. The predicted molar refractivity (Wildman–Crippen MR) is 73.4 cm³/mol. The van der Waals surface area contributed by atoms with E-state index in [2.05, 4.69) is 10.6 Å². The van der Waals surface area contributed by atoms with Crippen LogP contribution >= 0.6 is 0 Å². The highest BCUT2D eigenvalue weighted by Crippen LogP contribution is 2.38. The predicted octanol–water partition coefficient (Wildman–Crippen LogP) is 0.146. The zero-order valence-corrected chi connectivity index (χ0v) is 12.0. The third kappa shape index (κ3) is 2.62. The Morgan fingerprint density at radius 3 is 2.62 bits per heavy atom. The van der Waals surface area contributed by atoms with Gasteiger partial charge in [0.15, 0.2) is 0 Å². The van der Waals surface area contributed by atoms with E-state index in [0.29, 0.717) is 26.1 Å². The molecular weight excluding hydrogens is 274 g/mol. The normalized spacial score (nSPS) is 25.4. The molecular formula is C14H21N3O4. The lowest BCUT2D eigenvalue weighted by molar-refractivity contribution is -0.128. The molecule has 3 rings (SSSR count). The molecule has 0 aromatic carbocycles. The van der Waals surface area contributed by atoms with Gasteiger partial charge in [-0.05, 0) is 25.7 Å². The monoisotopic (exact) mass is 295 g/mol. The molecule has 3 aliphatic rings. The number of rotatable bonds is 3. The summed E-state index contributed by atoms with van der Waals surface area (Å²) in [7, 11) is 0. The average molecular weight is 295 g/mol. The largest absolute Gasteiger partial charge is 0.381 e. The van der Waals surface area contributed by atoms with Gasteiger partial charge in [0.25, 0.3) is 5.91 Å². The van der Waals surface area contributed by atoms with Crippen molar-refractivity contribution in [1.82, 2.24) is 15.5 Å². The van der Waals surface area contributed by atoms with E-state index in [1.54, 1.807) is 0 Å². The molecule has 1 aliphatic carbocycles. The van der Waals surface area contributed by atoms with E-state index in [0.717, 1.165) is 25.7 Å². The van der Waals surface area contributed by atoms with Crippen LogP contribution in [0.25, 0.3) is 0 Å². The highest BCUT2D eigenvalue weighted by molar-refractivity contribution is 6.08. The van der Waals surface area contributed by atoms with Crippen LogP contribution < -0.4 is 10.6 Å². The van der Waals surface area contributed by atoms with Gasteiger partial charge in [-0.15, -0.1) is 0 Å². The minimum Gasteiger partial charge on any atom is -0.381 e. The Balaban J connectivity index is 1.63. The van der Waals surface area contributed by atoms with Crippen LogP contribution in [0.15, 0.2) is 0 Å². The van der Waals surface area contributed by atoms with Crippen LogP contribution in [0.5, 0.6) is 0 Å². The highest BCUT2D eigenvalue weighted by atomic mass is 16.5. The second kappa shape index (κ2) is 5.63. The molecule has 2 saturated heterocycles. The van der Waals surface area contributed by atoms with Gasteiger partial charge in [-0.25, -0.2) is 4.79 Å². The fourth-order valence-corrected chi connectivity index (χ4v) is 3.54. The number of hydrogen-bond donors (Lipinski definition) is 2. The SMILES string of the molecule is O=C(CN1C(=O)NC(=O)C12CCCC2)NC1CCOCC1. The summed E-state index contributed by atoms with van der Waals surface area (Å²) in [5.74, 6) is -0.443. The number of amides is 4. The maximum absolute atomic E-state index is 12.2. The minimum atomic E-state index is -0.788. The van der Waals surface area contributed by atoms with Gasteiger partial charge in [-0.3, -0.25) is 14.9 Å². The van der Waals surface area contributed by atoms with Crippen molar-refractivity contribution in [3.05, 3.63) is 0 Å². The van der Waals surface area contributed by atoms with Crippen LogP contribution in [0.3, 0.4) is 0 Å². The van der Waals surface area contributed by atoms with Crippen LogP contribution in [0.4, 0.5) is 4.79 Å². The molecule has 7 nitrogen and oxygen atoms in total. The quantitative estimate of drug-likeness (QED) is 0.725. The van der Waals surface area contributed by atoms with Crippen molar-refractivity contribution in [2.75, 3.05) is 19.8 Å². The van der Waals surface area contributed by atoms with Gasteiger partial charge in [0.1, 0.15) is 12.1 Å². The van der Waals surface area contributed by atoms with Crippen molar-refractivity contribution in [1.29, 1.82) is 0 Å². The lowest BCUT2D eigenvalue weighted by atomic mass is 9.96. The highest BCUT2D eigenvalue weighted by Gasteiger charge is 2.54. The lowest BCUT2D eigenvalue weighted by Gasteiger charge is -2.31. The Labute approximate surface area is 123 Å². The summed E-state index contributed by atoms with van der Waals surface area (Å²) in [6.07, 6.45) is 4.71. The Morgan fingerprint density at radius 2 is 1.95 bits per heavy atom. The van der Waals surface area contributed by atoms with Crippen molar-refractivity contribution in [2.24, 2.45) is 0 Å². The summed E-state index contributed by atoms with van der Waals surface area (Å²) in [5.41, 5.74) is -0.788. The number of hydrogen-bond acceptors (Lipinski definition) is 4. The topological polar surface area (TPSA) is 87.7 Å². The summed E-state index contributed by atoms with van der Waals surface area (Å²) in [6, 6.07) is -0.337. The zero-order valence-electron chi connectivity index (χ0n) is 12.0. The van der Waals surface area contributed by atoms with Crippen molar-refractivity contribution in [3.8, 4) is 0 Å². The molecule has 4 amide bonds. The zero-order chi connectivity index (χ0) is 14.9. The Hall–Kier alpha value is -1.63. The molecule has 2 aliphatic heterocycles. The van der Waals surface area contributed by atoms with E-state index >= 15 is 0 Å². The number of urea groups is 1. The molecule has 21 heavy (non-hydrogen) atoms. The van der Waals surface area contributed by atoms with Gasteiger partial charge in [0, 0.05) is 19.3 Å². The molecule has 0 atom stereocenters. The lowest BCUT2D eigenvalue weighted by Crippen LogP contribution is -2.52. The summed E-state index contributed by atoms with van der Waals surface area (Å²) < 4.78 is 5.25. The molecule has 0 aromatic heterocycles. The van der Waals surface area contributed by atoms with Crippen LogP contribution in [0.2, 0.25) is 0 Å². The number of nitrogens with one attached hydrogen (secondary N) is 2. The molecule has 0 unspecified atom stereocenters. The van der Waals surface area contributed by atoms with Crippen LogP contribution in [0.1, 0.15) is 38.5 Å². The fraction of sp³-hybridized carbons (Fsp3) is 0.786. The molecule has 116 valence electrons. The van der Waals surface area contributed by atoms with E-state index in [-0.39, 0.29) is 24.4 Å². The van der Waals surface area contributed by atoms with E-state index in [4.69, 9.17) is 4.74 Å². The summed E-state index contributed by atoms with van der Waals surface area (Å²) in [5, 5.41) is 5.29. The first kappa shape index (κ1) is 14.3. The number of imide groups is 1. The molecule has 0 aromatic rings. The van der Waals surface area contributed by atoms with Crippen molar-refractivity contribution in [2.45, 2.75) is 50.1 Å². The third-order valence-corrected chi connectivity index (χ3v) is 4.72. The Bertz CT molecular complexity index is 453. The summed E-state index contributed by atoms with van der Waals surface area (Å²) in [4.78, 5) is 37.6. The maximum atomic E-state index is 12.2. The fourth-order valence-electron chi connectivity index (χ4n) is 3.54. The third-order valence-electron chi connectivity index (χ3n) is 4.72.